The molecule has 0 spiro atoms. The van der Waals surface area contributed by atoms with Crippen LogP contribution in [0.25, 0.3) is 22.6 Å². The summed E-state index contributed by atoms with van der Waals surface area (Å²) in [5.41, 5.74) is 5.14. The zero-order valence-electron chi connectivity index (χ0n) is 15.0. The number of nitrogens with one attached hydrogen (secondary N) is 1. The lowest BCUT2D eigenvalue weighted by atomic mass is 10.1. The van der Waals surface area contributed by atoms with Gasteiger partial charge >= 0.3 is 0 Å². The number of rotatable bonds is 3. The number of fused-ring (bicyclic) bond motifs is 1. The van der Waals surface area contributed by atoms with E-state index in [2.05, 4.69) is 10.3 Å². The molecule has 0 aliphatic heterocycles. The number of benzene rings is 3. The summed E-state index contributed by atoms with van der Waals surface area (Å²) in [5.74, 6) is 0.118. The minimum atomic E-state index is -0.226. The van der Waals surface area contributed by atoms with Crippen molar-refractivity contribution in [1.82, 2.24) is 4.98 Å². The molecule has 1 aromatic heterocycles. The van der Waals surface area contributed by atoms with E-state index in [9.17, 15) is 9.90 Å². The molecule has 1 heterocycles. The van der Waals surface area contributed by atoms with Gasteiger partial charge in [-0.1, -0.05) is 18.2 Å². The lowest BCUT2D eigenvalue weighted by Gasteiger charge is -2.07. The van der Waals surface area contributed by atoms with Crippen LogP contribution >= 0.6 is 0 Å². The molecule has 0 fully saturated rings. The number of aromatic nitrogens is 1. The van der Waals surface area contributed by atoms with Gasteiger partial charge in [0.1, 0.15) is 11.3 Å². The first-order valence-electron chi connectivity index (χ1n) is 8.59. The highest BCUT2D eigenvalue weighted by Gasteiger charge is 2.15. The maximum Gasteiger partial charge on any atom is 0.255 e. The Balaban J connectivity index is 1.69. The van der Waals surface area contributed by atoms with Gasteiger partial charge in [-0.2, -0.15) is 0 Å². The highest BCUT2D eigenvalue weighted by atomic mass is 16.3. The number of aromatic hydroxyl groups is 1. The molecule has 0 saturated heterocycles. The first-order chi connectivity index (χ1) is 13.0. The second-order valence-corrected chi connectivity index (χ2v) is 6.48. The third-order valence-electron chi connectivity index (χ3n) is 4.52. The van der Waals surface area contributed by atoms with Gasteiger partial charge in [0, 0.05) is 11.3 Å². The Hall–Kier alpha value is -3.60. The van der Waals surface area contributed by atoms with Crippen molar-refractivity contribution < 1.29 is 14.3 Å². The van der Waals surface area contributed by atoms with Crippen molar-refractivity contribution in [2.45, 2.75) is 13.8 Å². The molecule has 1 amide bonds. The number of nitrogens with zero attached hydrogens (tertiary/aromatic N) is 1. The third-order valence-corrected chi connectivity index (χ3v) is 4.52. The van der Waals surface area contributed by atoms with Crippen LogP contribution < -0.4 is 5.32 Å². The van der Waals surface area contributed by atoms with Crippen molar-refractivity contribution in [1.29, 1.82) is 0 Å². The minimum absolute atomic E-state index is 0.0349. The lowest BCUT2D eigenvalue weighted by Crippen LogP contribution is -2.11. The molecule has 4 rings (SSSR count). The van der Waals surface area contributed by atoms with Crippen molar-refractivity contribution in [3.63, 3.8) is 0 Å². The van der Waals surface area contributed by atoms with Gasteiger partial charge in [-0.05, 0) is 67.4 Å². The number of amides is 1. The van der Waals surface area contributed by atoms with E-state index >= 15 is 0 Å². The van der Waals surface area contributed by atoms with Crippen LogP contribution in [0.2, 0.25) is 0 Å². The maximum absolute atomic E-state index is 12.3. The van der Waals surface area contributed by atoms with E-state index in [-0.39, 0.29) is 11.7 Å². The van der Waals surface area contributed by atoms with Gasteiger partial charge in [0.15, 0.2) is 5.58 Å². The van der Waals surface area contributed by atoms with Crippen LogP contribution in [0.5, 0.6) is 5.75 Å². The molecule has 0 atom stereocenters. The fourth-order valence-electron chi connectivity index (χ4n) is 2.87. The molecule has 2 N–H and O–H groups in total. The smallest absolute Gasteiger partial charge is 0.255 e. The highest BCUT2D eigenvalue weighted by Crippen LogP contribution is 2.34. The largest absolute Gasteiger partial charge is 0.507 e. The van der Waals surface area contributed by atoms with E-state index in [1.807, 2.05) is 32.0 Å². The van der Waals surface area contributed by atoms with Crippen molar-refractivity contribution in [3.05, 3.63) is 77.4 Å². The average Bonchev–Trinajstić information content (AvgIpc) is 3.06. The Morgan fingerprint density at radius 1 is 1.00 bits per heavy atom. The maximum atomic E-state index is 12.3. The number of hydrogen-bond donors (Lipinski definition) is 2. The topological polar surface area (TPSA) is 75.4 Å². The molecule has 4 aromatic rings. The van der Waals surface area contributed by atoms with Crippen LogP contribution in [0.15, 0.2) is 65.1 Å². The van der Waals surface area contributed by atoms with Gasteiger partial charge in [-0.3, -0.25) is 4.79 Å². The fourth-order valence-corrected chi connectivity index (χ4v) is 2.87. The predicted molar refractivity (Wildman–Crippen MR) is 105 cm³/mol. The van der Waals surface area contributed by atoms with Gasteiger partial charge < -0.3 is 14.8 Å². The SMILES string of the molecule is Cc1cc2nc(-c3cc(NC(=O)c4ccccc4)ccc3O)oc2cc1C. The molecule has 27 heavy (non-hydrogen) atoms. The van der Waals surface area contributed by atoms with Gasteiger partial charge in [-0.25, -0.2) is 4.98 Å². The van der Waals surface area contributed by atoms with Crippen LogP contribution in [-0.4, -0.2) is 16.0 Å². The van der Waals surface area contributed by atoms with Crippen LogP contribution in [-0.2, 0) is 0 Å². The van der Waals surface area contributed by atoms with E-state index in [1.165, 1.54) is 6.07 Å². The fraction of sp³-hybridized carbons (Fsp3) is 0.0909. The van der Waals surface area contributed by atoms with Gasteiger partial charge in [0.25, 0.3) is 5.91 Å². The number of anilines is 1. The van der Waals surface area contributed by atoms with Crippen molar-refractivity contribution in [2.24, 2.45) is 0 Å². The molecule has 3 aromatic carbocycles. The Bertz CT molecular complexity index is 1110. The normalized spacial score (nSPS) is 10.9. The summed E-state index contributed by atoms with van der Waals surface area (Å²) < 4.78 is 5.83. The quantitative estimate of drug-likeness (QED) is 0.501. The summed E-state index contributed by atoms with van der Waals surface area (Å²) >= 11 is 0. The second kappa shape index (κ2) is 6.61. The molecular weight excluding hydrogens is 340 g/mol. The van der Waals surface area contributed by atoms with E-state index in [0.717, 1.165) is 16.6 Å². The standard InChI is InChI=1S/C22H18N2O3/c1-13-10-18-20(11-14(13)2)27-22(24-18)17-12-16(8-9-19(17)25)23-21(26)15-6-4-3-5-7-15/h3-12,25H,1-2H3,(H,23,26). The molecule has 0 unspecified atom stereocenters. The summed E-state index contributed by atoms with van der Waals surface area (Å²) in [7, 11) is 0. The summed E-state index contributed by atoms with van der Waals surface area (Å²) in [4.78, 5) is 16.8. The molecule has 5 nitrogen and oxygen atoms in total. The van der Waals surface area contributed by atoms with Crippen LogP contribution in [0, 0.1) is 13.8 Å². The summed E-state index contributed by atoms with van der Waals surface area (Å²) in [6.07, 6.45) is 0. The highest BCUT2D eigenvalue weighted by molar-refractivity contribution is 6.04. The van der Waals surface area contributed by atoms with Crippen molar-refractivity contribution in [2.75, 3.05) is 5.32 Å². The zero-order valence-corrected chi connectivity index (χ0v) is 15.0. The Morgan fingerprint density at radius 3 is 2.52 bits per heavy atom. The molecule has 5 heteroatoms. The summed E-state index contributed by atoms with van der Waals surface area (Å²) in [6.45, 7) is 4.02. The van der Waals surface area contributed by atoms with Crippen LogP contribution in [0.3, 0.4) is 0 Å². The molecule has 0 bridgehead atoms. The van der Waals surface area contributed by atoms with Crippen molar-refractivity contribution in [3.8, 4) is 17.2 Å². The number of hydrogen-bond acceptors (Lipinski definition) is 4. The number of phenols is 1. The number of carbonyl (C=O) groups excluding carboxylic acids is 1. The zero-order chi connectivity index (χ0) is 19.0. The van der Waals surface area contributed by atoms with Gasteiger partial charge in [0.05, 0.1) is 5.56 Å². The summed E-state index contributed by atoms with van der Waals surface area (Å²) in [5, 5.41) is 13.1. The predicted octanol–water partition coefficient (Wildman–Crippen LogP) is 5.07. The third kappa shape index (κ3) is 3.27. The number of phenolic OH excluding ortho intramolecular Hbond substituents is 1. The Morgan fingerprint density at radius 2 is 1.74 bits per heavy atom. The molecule has 0 aliphatic rings. The van der Waals surface area contributed by atoms with Gasteiger partial charge in [-0.15, -0.1) is 0 Å². The summed E-state index contributed by atoms with van der Waals surface area (Å²) in [6, 6.07) is 17.6. The minimum Gasteiger partial charge on any atom is -0.507 e. The number of carbonyl (C=O) groups is 1. The lowest BCUT2D eigenvalue weighted by molar-refractivity contribution is 0.102. The van der Waals surface area contributed by atoms with Crippen LogP contribution in [0.1, 0.15) is 21.5 Å². The molecular formula is C22H18N2O3. The average molecular weight is 358 g/mol. The van der Waals surface area contributed by atoms with E-state index in [1.54, 1.807) is 36.4 Å². The molecule has 0 aliphatic carbocycles. The van der Waals surface area contributed by atoms with Crippen molar-refractivity contribution >= 4 is 22.7 Å². The van der Waals surface area contributed by atoms with Gasteiger partial charge in [0.2, 0.25) is 5.89 Å². The number of aryl methyl sites for hydroxylation is 2. The van der Waals surface area contributed by atoms with E-state index < -0.39 is 0 Å². The monoisotopic (exact) mass is 358 g/mol. The van der Waals surface area contributed by atoms with E-state index in [4.69, 9.17) is 4.42 Å². The molecule has 0 radical (unpaired) electrons. The second-order valence-electron chi connectivity index (χ2n) is 6.48. The molecule has 0 saturated carbocycles. The first kappa shape index (κ1) is 16.8. The van der Waals surface area contributed by atoms with E-state index in [0.29, 0.717) is 28.3 Å². The molecule has 134 valence electrons. The van der Waals surface area contributed by atoms with Crippen LogP contribution in [0.4, 0.5) is 5.69 Å². The Kier molecular flexibility index (Phi) is 4.12. The Labute approximate surface area is 156 Å². The first-order valence-corrected chi connectivity index (χ1v) is 8.59. The number of oxazole rings is 1.